The molecule has 230 valence electrons. The van der Waals surface area contributed by atoms with E-state index < -0.39 is 0 Å². The Bertz CT molecular complexity index is 1690. The summed E-state index contributed by atoms with van der Waals surface area (Å²) in [7, 11) is 0. The fraction of sp³-hybridized carbons (Fsp3) is 0.227. The summed E-state index contributed by atoms with van der Waals surface area (Å²) in [6, 6.07) is 31.0. The van der Waals surface area contributed by atoms with Crippen LogP contribution in [0.15, 0.2) is 167 Å². The quantitative estimate of drug-likeness (QED) is 0.254. The van der Waals surface area contributed by atoms with Crippen molar-refractivity contribution in [1.29, 1.82) is 0 Å². The molecular weight excluding hydrogens is 556 g/mol. The highest BCUT2D eigenvalue weighted by Gasteiger charge is 2.22. The largest absolute Gasteiger partial charge is 0.318 e. The second-order valence-electron chi connectivity index (χ2n) is 13.0. The maximum Gasteiger partial charge on any atom is 0.0455 e. The molecule has 0 saturated carbocycles. The van der Waals surface area contributed by atoms with Crippen molar-refractivity contribution in [1.82, 2.24) is 0 Å². The first-order valence-corrected chi connectivity index (χ1v) is 17.0. The summed E-state index contributed by atoms with van der Waals surface area (Å²) in [5.41, 5.74) is 16.4. The molecule has 0 N–H and O–H groups in total. The lowest BCUT2D eigenvalue weighted by Gasteiger charge is -2.33. The average molecular weight is 601 g/mol. The maximum atomic E-state index is 2.48. The monoisotopic (exact) mass is 600 g/mol. The summed E-state index contributed by atoms with van der Waals surface area (Å²) in [6.45, 7) is 4.46. The molecule has 2 nitrogen and oxygen atoms in total. The van der Waals surface area contributed by atoms with Gasteiger partial charge < -0.3 is 9.80 Å². The molecule has 0 saturated heterocycles. The summed E-state index contributed by atoms with van der Waals surface area (Å²) in [5, 5.41) is 0. The van der Waals surface area contributed by atoms with E-state index in [4.69, 9.17) is 0 Å². The smallest absolute Gasteiger partial charge is 0.0455 e. The van der Waals surface area contributed by atoms with E-state index in [0.29, 0.717) is 0 Å². The highest BCUT2D eigenvalue weighted by molar-refractivity contribution is 5.75. The van der Waals surface area contributed by atoms with Crippen LogP contribution in [0.25, 0.3) is 11.1 Å². The normalized spacial score (nSPS) is 18.1. The van der Waals surface area contributed by atoms with Gasteiger partial charge >= 0.3 is 0 Å². The molecule has 0 spiro atoms. The van der Waals surface area contributed by atoms with Gasteiger partial charge in [0.05, 0.1) is 0 Å². The van der Waals surface area contributed by atoms with E-state index in [1.807, 2.05) is 0 Å². The topological polar surface area (TPSA) is 6.48 Å². The SMILES string of the molecule is CC1=CC=C(N(C2=CC=C(c3ccc(C4=CC=C(N(C5=CC=C(C)CC5)c5ccccc5)CC4)cc3)CC2)c2ccccc2)CC1. The molecule has 0 bridgehead atoms. The molecule has 3 aromatic carbocycles. The van der Waals surface area contributed by atoms with Gasteiger partial charge in [-0.1, -0.05) is 96.1 Å². The van der Waals surface area contributed by atoms with Crippen LogP contribution >= 0.6 is 0 Å². The van der Waals surface area contributed by atoms with Crippen molar-refractivity contribution < 1.29 is 0 Å². The molecule has 0 aromatic heterocycles. The molecule has 0 atom stereocenters. The summed E-state index contributed by atoms with van der Waals surface area (Å²) in [6.07, 6.45) is 27.2. The van der Waals surface area contributed by atoms with Crippen LogP contribution < -0.4 is 9.80 Å². The van der Waals surface area contributed by atoms with Gasteiger partial charge in [0.2, 0.25) is 0 Å². The third kappa shape index (κ3) is 6.58. The Balaban J connectivity index is 1.10. The fourth-order valence-electron chi connectivity index (χ4n) is 7.02. The van der Waals surface area contributed by atoms with Crippen molar-refractivity contribution in [3.8, 4) is 0 Å². The summed E-state index contributed by atoms with van der Waals surface area (Å²) in [5.74, 6) is 0. The molecule has 0 radical (unpaired) electrons. The first-order valence-electron chi connectivity index (χ1n) is 17.0. The molecule has 0 heterocycles. The zero-order chi connectivity index (χ0) is 31.3. The van der Waals surface area contributed by atoms with Crippen molar-refractivity contribution >= 4 is 22.5 Å². The van der Waals surface area contributed by atoms with Crippen molar-refractivity contribution in [3.05, 3.63) is 179 Å². The van der Waals surface area contributed by atoms with E-state index in [1.54, 1.807) is 0 Å². The maximum absolute atomic E-state index is 2.48. The van der Waals surface area contributed by atoms with Crippen LogP contribution in [0.4, 0.5) is 11.4 Å². The number of hydrogen-bond donors (Lipinski definition) is 0. The van der Waals surface area contributed by atoms with E-state index in [0.717, 1.165) is 51.4 Å². The van der Waals surface area contributed by atoms with Gasteiger partial charge in [0.15, 0.2) is 0 Å². The molecule has 2 heteroatoms. The van der Waals surface area contributed by atoms with Gasteiger partial charge in [0.1, 0.15) is 0 Å². The molecule has 3 aromatic rings. The highest BCUT2D eigenvalue weighted by Crippen LogP contribution is 2.38. The lowest BCUT2D eigenvalue weighted by atomic mass is 9.91. The van der Waals surface area contributed by atoms with Gasteiger partial charge in [-0.15, -0.1) is 0 Å². The predicted octanol–water partition coefficient (Wildman–Crippen LogP) is 12.1. The number of benzene rings is 3. The molecule has 4 aliphatic rings. The molecule has 4 aliphatic carbocycles. The van der Waals surface area contributed by atoms with E-state index in [2.05, 4.69) is 157 Å². The van der Waals surface area contributed by atoms with E-state index in [1.165, 1.54) is 67.6 Å². The van der Waals surface area contributed by atoms with Gasteiger partial charge in [0, 0.05) is 34.2 Å². The van der Waals surface area contributed by atoms with Crippen LogP contribution in [0.5, 0.6) is 0 Å². The van der Waals surface area contributed by atoms with Crippen LogP contribution in [-0.4, -0.2) is 0 Å². The van der Waals surface area contributed by atoms with Crippen LogP contribution in [0.2, 0.25) is 0 Å². The Kier molecular flexibility index (Phi) is 8.87. The Morgan fingerprint density at radius 3 is 1.00 bits per heavy atom. The van der Waals surface area contributed by atoms with Gasteiger partial charge in [0.25, 0.3) is 0 Å². The molecule has 7 rings (SSSR count). The Labute approximate surface area is 275 Å². The summed E-state index contributed by atoms with van der Waals surface area (Å²) in [4.78, 5) is 4.97. The van der Waals surface area contributed by atoms with Crippen molar-refractivity contribution in [2.75, 3.05) is 9.80 Å². The number of allylic oxidation sites excluding steroid dienone is 16. The zero-order valence-electron chi connectivity index (χ0n) is 27.3. The molecular formula is C44H44N2. The predicted molar refractivity (Wildman–Crippen MR) is 197 cm³/mol. The molecule has 0 unspecified atom stereocenters. The first-order chi connectivity index (χ1) is 22.6. The minimum Gasteiger partial charge on any atom is -0.318 e. The van der Waals surface area contributed by atoms with Gasteiger partial charge in [-0.05, 0) is 136 Å². The third-order valence-electron chi connectivity index (χ3n) is 9.73. The van der Waals surface area contributed by atoms with Crippen molar-refractivity contribution in [3.63, 3.8) is 0 Å². The van der Waals surface area contributed by atoms with Crippen LogP contribution in [-0.2, 0) is 0 Å². The lowest BCUT2D eigenvalue weighted by molar-refractivity contribution is 0.823. The minimum atomic E-state index is 1.03. The number of para-hydroxylation sites is 2. The van der Waals surface area contributed by atoms with Gasteiger partial charge in [-0.2, -0.15) is 0 Å². The minimum absolute atomic E-state index is 1.03. The number of hydrogen-bond acceptors (Lipinski definition) is 2. The van der Waals surface area contributed by atoms with E-state index >= 15 is 0 Å². The zero-order valence-corrected chi connectivity index (χ0v) is 27.3. The molecule has 0 fully saturated rings. The molecule has 0 aliphatic heterocycles. The Morgan fingerprint density at radius 2 is 0.696 bits per heavy atom. The number of nitrogens with zero attached hydrogens (tertiary/aromatic N) is 2. The van der Waals surface area contributed by atoms with Crippen molar-refractivity contribution in [2.45, 2.75) is 65.2 Å². The highest BCUT2D eigenvalue weighted by atomic mass is 15.2. The van der Waals surface area contributed by atoms with Gasteiger partial charge in [-0.25, -0.2) is 0 Å². The molecule has 46 heavy (non-hydrogen) atoms. The van der Waals surface area contributed by atoms with Crippen LogP contribution in [0.3, 0.4) is 0 Å². The fourth-order valence-corrected chi connectivity index (χ4v) is 7.02. The van der Waals surface area contributed by atoms with Crippen LogP contribution in [0.1, 0.15) is 76.3 Å². The first kappa shape index (κ1) is 29.9. The second kappa shape index (κ2) is 13.7. The lowest BCUT2D eigenvalue weighted by Crippen LogP contribution is -2.23. The molecule has 0 amide bonds. The summed E-state index contributed by atoms with van der Waals surface area (Å²) >= 11 is 0. The number of rotatable bonds is 8. The average Bonchev–Trinajstić information content (AvgIpc) is 3.12. The number of anilines is 2. The van der Waals surface area contributed by atoms with Crippen LogP contribution in [0, 0.1) is 0 Å². The van der Waals surface area contributed by atoms with E-state index in [-0.39, 0.29) is 0 Å². The van der Waals surface area contributed by atoms with E-state index in [9.17, 15) is 0 Å². The summed E-state index contributed by atoms with van der Waals surface area (Å²) < 4.78 is 0. The van der Waals surface area contributed by atoms with Crippen molar-refractivity contribution in [2.24, 2.45) is 0 Å². The van der Waals surface area contributed by atoms with Gasteiger partial charge in [-0.3, -0.25) is 0 Å². The standard InChI is InChI=1S/C44H44N2/c1-33-13-25-41(26-14-33)45(39-9-5-3-6-10-39)43-29-21-37(22-30-43)35-17-19-36(20-18-35)38-23-31-44(32-24-38)46(40-11-7-4-8-12-40)42-27-15-34(2)16-28-42/h3-13,15,17-21,23,25,27,29,31H,14,16,22,24,26,28,30,32H2,1-2H3. The third-order valence-corrected chi connectivity index (χ3v) is 9.73. The Morgan fingerprint density at radius 1 is 0.348 bits per heavy atom. The second-order valence-corrected chi connectivity index (χ2v) is 13.0. The Hall–Kier alpha value is -4.82.